The van der Waals surface area contributed by atoms with Gasteiger partial charge in [-0.15, -0.1) is 0 Å². The van der Waals surface area contributed by atoms with Crippen molar-refractivity contribution in [3.05, 3.63) is 65.0 Å². The van der Waals surface area contributed by atoms with Gasteiger partial charge < -0.3 is 0 Å². The molecular weight excluding hydrogens is 260 g/mol. The molecule has 3 nitrogen and oxygen atoms in total. The summed E-state index contributed by atoms with van der Waals surface area (Å²) in [6.07, 6.45) is 0.993. The van der Waals surface area contributed by atoms with Crippen molar-refractivity contribution in [1.82, 2.24) is 9.88 Å². The Morgan fingerprint density at radius 2 is 1.86 bits per heavy atom. The zero-order valence-electron chi connectivity index (χ0n) is 13.0. The Hall–Kier alpha value is -2.00. The highest BCUT2D eigenvalue weighted by Gasteiger charge is 2.10. The van der Waals surface area contributed by atoms with Gasteiger partial charge in [-0.05, 0) is 38.1 Å². The molecule has 21 heavy (non-hydrogen) atoms. The number of benzene rings is 1. The molecule has 0 fully saturated rings. The predicted molar refractivity (Wildman–Crippen MR) is 85.5 cm³/mol. The van der Waals surface area contributed by atoms with E-state index in [2.05, 4.69) is 11.9 Å². The average Bonchev–Trinajstić information content (AvgIpc) is 2.47. The van der Waals surface area contributed by atoms with Crippen LogP contribution in [-0.2, 0) is 13.0 Å². The minimum Gasteiger partial charge on any atom is -0.293 e. The van der Waals surface area contributed by atoms with Crippen LogP contribution in [0.5, 0.6) is 0 Å². The number of hydrogen-bond acceptors (Lipinski definition) is 3. The van der Waals surface area contributed by atoms with Crippen molar-refractivity contribution in [2.24, 2.45) is 0 Å². The molecule has 0 bridgehead atoms. The van der Waals surface area contributed by atoms with Crippen molar-refractivity contribution in [3.63, 3.8) is 0 Å². The van der Waals surface area contributed by atoms with Crippen molar-refractivity contribution in [3.8, 4) is 0 Å². The number of ketones is 1. The highest BCUT2D eigenvalue weighted by molar-refractivity contribution is 5.97. The van der Waals surface area contributed by atoms with E-state index < -0.39 is 0 Å². The molecule has 0 unspecified atom stereocenters. The van der Waals surface area contributed by atoms with Crippen molar-refractivity contribution in [1.29, 1.82) is 0 Å². The molecule has 0 spiro atoms. The summed E-state index contributed by atoms with van der Waals surface area (Å²) < 4.78 is 0. The summed E-state index contributed by atoms with van der Waals surface area (Å²) in [5.41, 5.74) is 4.02. The van der Waals surface area contributed by atoms with E-state index in [1.807, 2.05) is 61.3 Å². The van der Waals surface area contributed by atoms with E-state index in [1.54, 1.807) is 0 Å². The van der Waals surface area contributed by atoms with Crippen LogP contribution < -0.4 is 0 Å². The zero-order valence-corrected chi connectivity index (χ0v) is 13.0. The first-order valence-corrected chi connectivity index (χ1v) is 7.31. The number of likely N-dealkylation sites (N-methyl/N-ethyl adjacent to an activating group) is 1. The van der Waals surface area contributed by atoms with E-state index in [4.69, 9.17) is 0 Å². The third-order valence-electron chi connectivity index (χ3n) is 3.48. The van der Waals surface area contributed by atoms with Gasteiger partial charge in [0.1, 0.15) is 0 Å². The molecule has 1 heterocycles. The van der Waals surface area contributed by atoms with Gasteiger partial charge in [-0.1, -0.05) is 37.3 Å². The molecule has 0 aliphatic carbocycles. The van der Waals surface area contributed by atoms with E-state index in [1.165, 1.54) is 5.56 Å². The lowest BCUT2D eigenvalue weighted by Crippen LogP contribution is -2.26. The maximum Gasteiger partial charge on any atom is 0.176 e. The van der Waals surface area contributed by atoms with Gasteiger partial charge in [0.2, 0.25) is 0 Å². The maximum atomic E-state index is 12.2. The Labute approximate surface area is 126 Å². The van der Waals surface area contributed by atoms with Gasteiger partial charge in [-0.2, -0.15) is 0 Å². The largest absolute Gasteiger partial charge is 0.293 e. The minimum atomic E-state index is 0.146. The first-order chi connectivity index (χ1) is 10.1. The van der Waals surface area contributed by atoms with Crippen LogP contribution in [0.4, 0.5) is 0 Å². The monoisotopic (exact) mass is 282 g/mol. The quantitative estimate of drug-likeness (QED) is 0.762. The van der Waals surface area contributed by atoms with Crippen LogP contribution >= 0.6 is 0 Å². The van der Waals surface area contributed by atoms with Crippen LogP contribution in [0.2, 0.25) is 0 Å². The maximum absolute atomic E-state index is 12.2. The van der Waals surface area contributed by atoms with Gasteiger partial charge in [-0.25, -0.2) is 0 Å². The number of rotatable bonds is 6. The highest BCUT2D eigenvalue weighted by atomic mass is 16.1. The predicted octanol–water partition coefficient (Wildman–Crippen LogP) is 3.27. The molecule has 0 amide bonds. The summed E-state index contributed by atoms with van der Waals surface area (Å²) in [4.78, 5) is 18.7. The smallest absolute Gasteiger partial charge is 0.176 e. The average molecular weight is 282 g/mol. The van der Waals surface area contributed by atoms with Crippen LogP contribution in [0, 0.1) is 6.92 Å². The fraction of sp³-hybridized carbons (Fsp3) is 0.333. The van der Waals surface area contributed by atoms with E-state index in [0.29, 0.717) is 13.1 Å². The van der Waals surface area contributed by atoms with E-state index >= 15 is 0 Å². The normalized spacial score (nSPS) is 10.9. The lowest BCUT2D eigenvalue weighted by Gasteiger charge is -2.15. The van der Waals surface area contributed by atoms with Crippen LogP contribution in [0.1, 0.15) is 34.2 Å². The van der Waals surface area contributed by atoms with Crippen molar-refractivity contribution in [2.75, 3.05) is 13.6 Å². The van der Waals surface area contributed by atoms with Crippen LogP contribution in [0.3, 0.4) is 0 Å². The molecule has 0 saturated carbocycles. The number of carbonyl (C=O) groups excluding carboxylic acids is 1. The van der Waals surface area contributed by atoms with E-state index in [9.17, 15) is 4.79 Å². The van der Waals surface area contributed by atoms with Gasteiger partial charge >= 0.3 is 0 Å². The minimum absolute atomic E-state index is 0.146. The SMILES string of the molecule is CCc1ccc(C(=O)CN(C)Cc2cccc(C)n2)cc1. The molecule has 0 aliphatic heterocycles. The number of hydrogen-bond donors (Lipinski definition) is 0. The second-order valence-corrected chi connectivity index (χ2v) is 5.42. The van der Waals surface area contributed by atoms with Gasteiger partial charge in [0.05, 0.1) is 12.2 Å². The number of carbonyl (C=O) groups is 1. The number of aryl methyl sites for hydroxylation is 2. The second-order valence-electron chi connectivity index (χ2n) is 5.42. The van der Waals surface area contributed by atoms with Crippen molar-refractivity contribution in [2.45, 2.75) is 26.8 Å². The fourth-order valence-electron chi connectivity index (χ4n) is 2.28. The molecule has 0 saturated heterocycles. The van der Waals surface area contributed by atoms with Gasteiger partial charge in [0.25, 0.3) is 0 Å². The fourth-order valence-corrected chi connectivity index (χ4v) is 2.28. The first-order valence-electron chi connectivity index (χ1n) is 7.31. The second kappa shape index (κ2) is 7.14. The molecule has 1 aromatic carbocycles. The number of Topliss-reactive ketones (excluding diaryl/α,β-unsaturated/α-hetero) is 1. The molecule has 0 N–H and O–H groups in total. The third kappa shape index (κ3) is 4.50. The van der Waals surface area contributed by atoms with Crippen LogP contribution in [0.25, 0.3) is 0 Å². The number of aromatic nitrogens is 1. The summed E-state index contributed by atoms with van der Waals surface area (Å²) in [6.45, 7) is 5.17. The first kappa shape index (κ1) is 15.4. The Morgan fingerprint density at radius 3 is 2.48 bits per heavy atom. The Morgan fingerprint density at radius 1 is 1.14 bits per heavy atom. The van der Waals surface area contributed by atoms with Gasteiger partial charge in [0.15, 0.2) is 5.78 Å². The standard InChI is InChI=1S/C18H22N2O/c1-4-15-8-10-16(11-9-15)18(21)13-20(3)12-17-7-5-6-14(2)19-17/h5-11H,4,12-13H2,1-3H3. The number of pyridine rings is 1. The molecule has 110 valence electrons. The lowest BCUT2D eigenvalue weighted by atomic mass is 10.1. The van der Waals surface area contributed by atoms with E-state index in [-0.39, 0.29) is 5.78 Å². The molecule has 1 aromatic heterocycles. The molecule has 2 rings (SSSR count). The highest BCUT2D eigenvalue weighted by Crippen LogP contribution is 2.08. The van der Waals surface area contributed by atoms with Crippen LogP contribution in [0.15, 0.2) is 42.5 Å². The summed E-state index contributed by atoms with van der Waals surface area (Å²) >= 11 is 0. The van der Waals surface area contributed by atoms with Crippen molar-refractivity contribution < 1.29 is 4.79 Å². The molecule has 3 heteroatoms. The number of nitrogens with zero attached hydrogens (tertiary/aromatic N) is 2. The summed E-state index contributed by atoms with van der Waals surface area (Å²) in [5, 5.41) is 0. The lowest BCUT2D eigenvalue weighted by molar-refractivity contribution is 0.0942. The molecule has 0 aliphatic rings. The van der Waals surface area contributed by atoms with Gasteiger partial charge in [-0.3, -0.25) is 14.7 Å². The topological polar surface area (TPSA) is 33.2 Å². The third-order valence-corrected chi connectivity index (χ3v) is 3.48. The Bertz CT molecular complexity index is 605. The summed E-state index contributed by atoms with van der Waals surface area (Å²) in [7, 11) is 1.95. The van der Waals surface area contributed by atoms with Gasteiger partial charge in [0, 0.05) is 17.8 Å². The zero-order chi connectivity index (χ0) is 15.2. The van der Waals surface area contributed by atoms with Crippen molar-refractivity contribution >= 4 is 5.78 Å². The van der Waals surface area contributed by atoms with E-state index in [0.717, 1.165) is 23.4 Å². The summed E-state index contributed by atoms with van der Waals surface area (Å²) in [5.74, 6) is 0.146. The van der Waals surface area contributed by atoms with Crippen LogP contribution in [-0.4, -0.2) is 29.3 Å². The Balaban J connectivity index is 1.95. The summed E-state index contributed by atoms with van der Waals surface area (Å²) in [6, 6.07) is 13.8. The molecule has 0 atom stereocenters. The molecule has 2 aromatic rings. The molecule has 0 radical (unpaired) electrons. The molecular formula is C18H22N2O. The Kier molecular flexibility index (Phi) is 5.23.